The summed E-state index contributed by atoms with van der Waals surface area (Å²) in [5.74, 6) is 0. The van der Waals surface area contributed by atoms with Crippen LogP contribution in [-0.4, -0.2) is 24.4 Å². The van der Waals surface area contributed by atoms with E-state index in [1.54, 1.807) is 14.0 Å². The van der Waals surface area contributed by atoms with Crippen LogP contribution in [0.5, 0.6) is 0 Å². The molecule has 0 bridgehead atoms. The lowest BCUT2D eigenvalue weighted by Gasteiger charge is -2.21. The highest BCUT2D eigenvalue weighted by Crippen LogP contribution is 2.13. The molecule has 14 heavy (non-hydrogen) atoms. The molecule has 0 spiro atoms. The summed E-state index contributed by atoms with van der Waals surface area (Å²) in [5, 5.41) is 9.85. The number of ether oxygens (including phenoxy) is 1. The Bertz CT molecular complexity index is 254. The van der Waals surface area contributed by atoms with E-state index >= 15 is 0 Å². The monoisotopic (exact) mass is 194 g/mol. The van der Waals surface area contributed by atoms with E-state index in [9.17, 15) is 5.11 Å². The first-order chi connectivity index (χ1) is 6.64. The van der Waals surface area contributed by atoms with Gasteiger partial charge < -0.3 is 9.84 Å². The fourth-order valence-electron chi connectivity index (χ4n) is 1.44. The molecule has 0 aromatic heterocycles. The Morgan fingerprint density at radius 2 is 1.93 bits per heavy atom. The first-order valence-electron chi connectivity index (χ1n) is 4.89. The Kier molecular flexibility index (Phi) is 4.11. The molecule has 0 saturated heterocycles. The molecule has 0 amide bonds. The third-order valence-electron chi connectivity index (χ3n) is 2.25. The SMILES string of the molecule is COCC(C)(O)CCc1ccccc1. The van der Waals surface area contributed by atoms with Gasteiger partial charge in [-0.2, -0.15) is 0 Å². The number of hydrogen-bond acceptors (Lipinski definition) is 2. The molecule has 1 aromatic rings. The highest BCUT2D eigenvalue weighted by Gasteiger charge is 2.19. The molecule has 1 unspecified atom stereocenters. The molecule has 0 aliphatic carbocycles. The van der Waals surface area contributed by atoms with Crippen molar-refractivity contribution in [1.29, 1.82) is 0 Å². The van der Waals surface area contributed by atoms with E-state index in [4.69, 9.17) is 4.74 Å². The molecule has 0 radical (unpaired) electrons. The minimum atomic E-state index is -0.718. The molecular formula is C12H18O2. The van der Waals surface area contributed by atoms with E-state index in [1.807, 2.05) is 18.2 Å². The molecule has 78 valence electrons. The van der Waals surface area contributed by atoms with Gasteiger partial charge in [0.2, 0.25) is 0 Å². The second-order valence-corrected chi connectivity index (χ2v) is 3.92. The molecule has 2 nitrogen and oxygen atoms in total. The summed E-state index contributed by atoms with van der Waals surface area (Å²) in [6, 6.07) is 10.2. The Morgan fingerprint density at radius 1 is 1.29 bits per heavy atom. The maximum atomic E-state index is 9.85. The largest absolute Gasteiger partial charge is 0.388 e. The van der Waals surface area contributed by atoms with Crippen molar-refractivity contribution in [3.8, 4) is 0 Å². The van der Waals surface area contributed by atoms with Crippen LogP contribution in [0.1, 0.15) is 18.9 Å². The van der Waals surface area contributed by atoms with Gasteiger partial charge >= 0.3 is 0 Å². The maximum absolute atomic E-state index is 9.85. The molecule has 0 fully saturated rings. The smallest absolute Gasteiger partial charge is 0.0855 e. The number of rotatable bonds is 5. The normalized spacial score (nSPS) is 15.1. The van der Waals surface area contributed by atoms with Crippen molar-refractivity contribution >= 4 is 0 Å². The van der Waals surface area contributed by atoms with Crippen LogP contribution in [0.15, 0.2) is 30.3 Å². The van der Waals surface area contributed by atoms with Gasteiger partial charge in [-0.25, -0.2) is 0 Å². The summed E-state index contributed by atoms with van der Waals surface area (Å²) in [7, 11) is 1.61. The number of aliphatic hydroxyl groups is 1. The van der Waals surface area contributed by atoms with Gasteiger partial charge in [0.1, 0.15) is 0 Å². The summed E-state index contributed by atoms with van der Waals surface area (Å²) < 4.78 is 4.95. The number of benzene rings is 1. The second-order valence-electron chi connectivity index (χ2n) is 3.92. The Morgan fingerprint density at radius 3 is 2.50 bits per heavy atom. The predicted molar refractivity (Wildman–Crippen MR) is 57.3 cm³/mol. The predicted octanol–water partition coefficient (Wildman–Crippen LogP) is 2.02. The molecule has 0 aliphatic rings. The first kappa shape index (κ1) is 11.2. The molecule has 0 saturated carbocycles. The maximum Gasteiger partial charge on any atom is 0.0855 e. The fourth-order valence-corrected chi connectivity index (χ4v) is 1.44. The van der Waals surface area contributed by atoms with E-state index in [2.05, 4.69) is 12.1 Å². The third kappa shape index (κ3) is 3.90. The van der Waals surface area contributed by atoms with Crippen molar-refractivity contribution < 1.29 is 9.84 Å². The van der Waals surface area contributed by atoms with Gasteiger partial charge in [-0.05, 0) is 25.3 Å². The minimum Gasteiger partial charge on any atom is -0.388 e. The molecule has 1 rings (SSSR count). The van der Waals surface area contributed by atoms with Gasteiger partial charge in [-0.3, -0.25) is 0 Å². The summed E-state index contributed by atoms with van der Waals surface area (Å²) in [6.07, 6.45) is 1.61. The Hall–Kier alpha value is -0.860. The molecule has 1 N–H and O–H groups in total. The summed E-state index contributed by atoms with van der Waals surface area (Å²) in [6.45, 7) is 2.19. The van der Waals surface area contributed by atoms with Crippen molar-refractivity contribution in [2.75, 3.05) is 13.7 Å². The zero-order valence-corrected chi connectivity index (χ0v) is 8.86. The van der Waals surface area contributed by atoms with Gasteiger partial charge in [0, 0.05) is 7.11 Å². The fraction of sp³-hybridized carbons (Fsp3) is 0.500. The van der Waals surface area contributed by atoms with Crippen LogP contribution in [0.3, 0.4) is 0 Å². The average Bonchev–Trinajstić information content (AvgIpc) is 2.17. The topological polar surface area (TPSA) is 29.5 Å². The quantitative estimate of drug-likeness (QED) is 0.777. The number of methoxy groups -OCH3 is 1. The van der Waals surface area contributed by atoms with Gasteiger partial charge in [-0.1, -0.05) is 30.3 Å². The van der Waals surface area contributed by atoms with Crippen molar-refractivity contribution in [2.24, 2.45) is 0 Å². The molecular weight excluding hydrogens is 176 g/mol. The standard InChI is InChI=1S/C12H18O2/c1-12(13,10-14-2)9-8-11-6-4-3-5-7-11/h3-7,13H,8-10H2,1-2H3. The van der Waals surface area contributed by atoms with Gasteiger partial charge in [-0.15, -0.1) is 0 Å². The van der Waals surface area contributed by atoms with E-state index in [-0.39, 0.29) is 0 Å². The lowest BCUT2D eigenvalue weighted by Crippen LogP contribution is -2.30. The summed E-state index contributed by atoms with van der Waals surface area (Å²) in [5.41, 5.74) is 0.536. The number of hydrogen-bond donors (Lipinski definition) is 1. The first-order valence-corrected chi connectivity index (χ1v) is 4.89. The molecule has 0 heterocycles. The van der Waals surface area contributed by atoms with Crippen LogP contribution in [0.2, 0.25) is 0 Å². The molecule has 1 atom stereocenters. The van der Waals surface area contributed by atoms with Gasteiger partial charge in [0.15, 0.2) is 0 Å². The highest BCUT2D eigenvalue weighted by molar-refractivity contribution is 5.14. The minimum absolute atomic E-state index is 0.389. The second kappa shape index (κ2) is 5.13. The van der Waals surface area contributed by atoms with E-state index < -0.39 is 5.60 Å². The zero-order chi connectivity index (χ0) is 10.4. The molecule has 0 aliphatic heterocycles. The average molecular weight is 194 g/mol. The van der Waals surface area contributed by atoms with Crippen LogP contribution >= 0.6 is 0 Å². The van der Waals surface area contributed by atoms with Crippen molar-refractivity contribution in [3.05, 3.63) is 35.9 Å². The Balaban J connectivity index is 2.40. The van der Waals surface area contributed by atoms with Crippen LogP contribution in [-0.2, 0) is 11.2 Å². The van der Waals surface area contributed by atoms with Gasteiger partial charge in [0.25, 0.3) is 0 Å². The zero-order valence-electron chi connectivity index (χ0n) is 8.86. The van der Waals surface area contributed by atoms with Crippen molar-refractivity contribution in [3.63, 3.8) is 0 Å². The lowest BCUT2D eigenvalue weighted by molar-refractivity contribution is -0.0223. The summed E-state index contributed by atoms with van der Waals surface area (Å²) in [4.78, 5) is 0. The van der Waals surface area contributed by atoms with Crippen molar-refractivity contribution in [2.45, 2.75) is 25.4 Å². The van der Waals surface area contributed by atoms with Gasteiger partial charge in [0.05, 0.1) is 12.2 Å². The molecule has 1 aromatic carbocycles. The van der Waals surface area contributed by atoms with Crippen LogP contribution in [0.4, 0.5) is 0 Å². The van der Waals surface area contributed by atoms with E-state index in [0.29, 0.717) is 6.61 Å². The third-order valence-corrected chi connectivity index (χ3v) is 2.25. The highest BCUT2D eigenvalue weighted by atomic mass is 16.5. The van der Waals surface area contributed by atoms with Crippen LogP contribution in [0.25, 0.3) is 0 Å². The molecule has 2 heteroatoms. The number of aryl methyl sites for hydroxylation is 1. The Labute approximate surface area is 85.5 Å². The van der Waals surface area contributed by atoms with E-state index in [1.165, 1.54) is 5.56 Å². The lowest BCUT2D eigenvalue weighted by atomic mass is 9.98. The van der Waals surface area contributed by atoms with Crippen LogP contribution in [0, 0.1) is 0 Å². The van der Waals surface area contributed by atoms with Crippen LogP contribution < -0.4 is 0 Å². The summed E-state index contributed by atoms with van der Waals surface area (Å²) >= 11 is 0. The van der Waals surface area contributed by atoms with Crippen molar-refractivity contribution in [1.82, 2.24) is 0 Å². The van der Waals surface area contributed by atoms with E-state index in [0.717, 1.165) is 12.8 Å².